The maximum Gasteiger partial charge on any atom is 0.416 e. The summed E-state index contributed by atoms with van der Waals surface area (Å²) in [7, 11) is -3.96. The zero-order valence-corrected chi connectivity index (χ0v) is 14.3. The summed E-state index contributed by atoms with van der Waals surface area (Å²) in [6, 6.07) is 2.75. The van der Waals surface area contributed by atoms with Gasteiger partial charge in [0, 0.05) is 32.7 Å². The fourth-order valence-electron chi connectivity index (χ4n) is 2.59. The third-order valence-corrected chi connectivity index (χ3v) is 5.56. The van der Waals surface area contributed by atoms with Gasteiger partial charge in [-0.2, -0.15) is 13.2 Å². The van der Waals surface area contributed by atoms with Gasteiger partial charge in [-0.3, -0.25) is 0 Å². The van der Waals surface area contributed by atoms with Gasteiger partial charge in [0.2, 0.25) is 10.0 Å². The number of hydrogen-bond acceptors (Lipinski definition) is 4. The molecule has 1 heterocycles. The van der Waals surface area contributed by atoms with Crippen molar-refractivity contribution < 1.29 is 21.6 Å². The van der Waals surface area contributed by atoms with Crippen molar-refractivity contribution in [3.63, 3.8) is 0 Å². The Morgan fingerprint density at radius 2 is 1.92 bits per heavy atom. The average Bonchev–Trinajstić information content (AvgIpc) is 2.52. The topological polar surface area (TPSA) is 61.4 Å². The number of nitrogens with one attached hydrogen (secondary N) is 2. The SMILES string of the molecule is Cc1ccc(C(F)(F)F)cc1S(=O)(=O)NCCCN1CCNCC1. The number of sulfonamides is 1. The molecule has 2 rings (SSSR count). The molecule has 136 valence electrons. The smallest absolute Gasteiger partial charge is 0.314 e. The Hall–Kier alpha value is -1.16. The molecule has 1 aliphatic rings. The molecule has 1 aliphatic heterocycles. The fraction of sp³-hybridized carbons (Fsp3) is 0.600. The largest absolute Gasteiger partial charge is 0.416 e. The first kappa shape index (κ1) is 19.2. The van der Waals surface area contributed by atoms with E-state index < -0.39 is 21.8 Å². The van der Waals surface area contributed by atoms with Crippen LogP contribution in [0.25, 0.3) is 0 Å². The molecule has 0 atom stereocenters. The molecule has 1 fully saturated rings. The number of rotatable bonds is 6. The molecule has 0 aromatic heterocycles. The highest BCUT2D eigenvalue weighted by Gasteiger charge is 2.32. The zero-order chi connectivity index (χ0) is 17.8. The Morgan fingerprint density at radius 1 is 1.25 bits per heavy atom. The number of alkyl halides is 3. The van der Waals surface area contributed by atoms with Crippen LogP contribution in [0.1, 0.15) is 17.5 Å². The first-order valence-corrected chi connectivity index (χ1v) is 9.29. The standard InChI is InChI=1S/C15H22F3N3O2S/c1-12-3-4-13(15(16,17)18)11-14(12)24(22,23)20-5-2-8-21-9-6-19-7-10-21/h3-4,11,19-20H,2,5-10H2,1H3. The van der Waals surface area contributed by atoms with Crippen LogP contribution < -0.4 is 10.0 Å². The van der Waals surface area contributed by atoms with Crippen LogP contribution in [0.5, 0.6) is 0 Å². The second-order valence-electron chi connectivity index (χ2n) is 5.82. The first-order valence-electron chi connectivity index (χ1n) is 7.81. The van der Waals surface area contributed by atoms with Crippen LogP contribution >= 0.6 is 0 Å². The van der Waals surface area contributed by atoms with Crippen LogP contribution in [0.4, 0.5) is 13.2 Å². The lowest BCUT2D eigenvalue weighted by molar-refractivity contribution is -0.137. The number of aryl methyl sites for hydroxylation is 1. The quantitative estimate of drug-likeness (QED) is 0.752. The average molecular weight is 365 g/mol. The minimum atomic E-state index is -4.57. The van der Waals surface area contributed by atoms with E-state index in [9.17, 15) is 21.6 Å². The van der Waals surface area contributed by atoms with E-state index in [1.54, 1.807) is 0 Å². The van der Waals surface area contributed by atoms with Crippen molar-refractivity contribution in [2.45, 2.75) is 24.4 Å². The Labute approximate surface area is 140 Å². The predicted octanol–water partition coefficient (Wildman–Crippen LogP) is 1.59. The number of benzene rings is 1. The Morgan fingerprint density at radius 3 is 2.54 bits per heavy atom. The number of piperazine rings is 1. The normalized spacial score (nSPS) is 17.2. The minimum Gasteiger partial charge on any atom is -0.314 e. The fourth-order valence-corrected chi connectivity index (χ4v) is 3.93. The molecule has 1 aromatic rings. The van der Waals surface area contributed by atoms with Crippen molar-refractivity contribution in [2.24, 2.45) is 0 Å². The van der Waals surface area contributed by atoms with Crippen LogP contribution in [0.2, 0.25) is 0 Å². The van der Waals surface area contributed by atoms with Gasteiger partial charge in [-0.15, -0.1) is 0 Å². The van der Waals surface area contributed by atoms with Gasteiger partial charge in [-0.25, -0.2) is 13.1 Å². The summed E-state index contributed by atoms with van der Waals surface area (Å²) < 4.78 is 65.3. The van der Waals surface area contributed by atoms with Crippen molar-refractivity contribution in [1.82, 2.24) is 14.9 Å². The van der Waals surface area contributed by atoms with Gasteiger partial charge in [0.25, 0.3) is 0 Å². The number of halogens is 3. The molecule has 0 saturated carbocycles. The van der Waals surface area contributed by atoms with Gasteiger partial charge in [0.15, 0.2) is 0 Å². The molecule has 0 aliphatic carbocycles. The molecule has 0 unspecified atom stereocenters. The van der Waals surface area contributed by atoms with E-state index in [1.165, 1.54) is 13.0 Å². The first-order chi connectivity index (χ1) is 11.2. The molecule has 0 spiro atoms. The Bertz CT molecular complexity index is 656. The molecule has 0 amide bonds. The third kappa shape index (κ3) is 5.17. The van der Waals surface area contributed by atoms with Crippen molar-refractivity contribution in [1.29, 1.82) is 0 Å². The molecular weight excluding hydrogens is 343 g/mol. The third-order valence-electron chi connectivity index (χ3n) is 3.96. The van der Waals surface area contributed by atoms with Crippen LogP contribution in [0.3, 0.4) is 0 Å². The summed E-state index contributed by atoms with van der Waals surface area (Å²) >= 11 is 0. The van der Waals surface area contributed by atoms with E-state index in [1.807, 2.05) is 0 Å². The summed E-state index contributed by atoms with van der Waals surface area (Å²) in [5.74, 6) is 0. The summed E-state index contributed by atoms with van der Waals surface area (Å²) in [6.07, 6.45) is -3.96. The predicted molar refractivity (Wildman–Crippen MR) is 85.3 cm³/mol. The summed E-state index contributed by atoms with van der Waals surface area (Å²) in [6.45, 7) is 6.09. The molecule has 0 radical (unpaired) electrons. The van der Waals surface area contributed by atoms with Gasteiger partial charge in [0.1, 0.15) is 0 Å². The van der Waals surface area contributed by atoms with E-state index in [2.05, 4.69) is 14.9 Å². The Kier molecular flexibility index (Phi) is 6.24. The molecule has 9 heteroatoms. The van der Waals surface area contributed by atoms with Crippen molar-refractivity contribution in [2.75, 3.05) is 39.3 Å². The molecule has 1 saturated heterocycles. The van der Waals surface area contributed by atoms with E-state index in [0.717, 1.165) is 38.8 Å². The summed E-state index contributed by atoms with van der Waals surface area (Å²) in [5.41, 5.74) is -0.674. The monoisotopic (exact) mass is 365 g/mol. The van der Waals surface area contributed by atoms with Crippen LogP contribution in [-0.4, -0.2) is 52.6 Å². The highest BCUT2D eigenvalue weighted by molar-refractivity contribution is 7.89. The number of nitrogens with zero attached hydrogens (tertiary/aromatic N) is 1. The van der Waals surface area contributed by atoms with E-state index in [0.29, 0.717) is 12.5 Å². The van der Waals surface area contributed by atoms with Crippen molar-refractivity contribution in [3.05, 3.63) is 29.3 Å². The molecular formula is C15H22F3N3O2S. The molecule has 0 bridgehead atoms. The molecule has 5 nitrogen and oxygen atoms in total. The van der Waals surface area contributed by atoms with Gasteiger partial charge < -0.3 is 10.2 Å². The highest BCUT2D eigenvalue weighted by Crippen LogP contribution is 2.31. The second-order valence-corrected chi connectivity index (χ2v) is 7.56. The van der Waals surface area contributed by atoms with E-state index >= 15 is 0 Å². The van der Waals surface area contributed by atoms with Crippen LogP contribution in [0.15, 0.2) is 23.1 Å². The maximum absolute atomic E-state index is 12.8. The van der Waals surface area contributed by atoms with Gasteiger partial charge in [-0.05, 0) is 37.6 Å². The maximum atomic E-state index is 12.8. The molecule has 2 N–H and O–H groups in total. The highest BCUT2D eigenvalue weighted by atomic mass is 32.2. The van der Waals surface area contributed by atoms with Crippen molar-refractivity contribution >= 4 is 10.0 Å². The van der Waals surface area contributed by atoms with Gasteiger partial charge in [0.05, 0.1) is 10.5 Å². The lowest BCUT2D eigenvalue weighted by Crippen LogP contribution is -2.44. The van der Waals surface area contributed by atoms with Gasteiger partial charge in [-0.1, -0.05) is 6.07 Å². The molecule has 24 heavy (non-hydrogen) atoms. The van der Waals surface area contributed by atoms with Crippen LogP contribution in [-0.2, 0) is 16.2 Å². The van der Waals surface area contributed by atoms with Crippen LogP contribution in [0, 0.1) is 6.92 Å². The Balaban J connectivity index is 1.97. The van der Waals surface area contributed by atoms with E-state index in [-0.39, 0.29) is 17.0 Å². The second kappa shape index (κ2) is 7.81. The van der Waals surface area contributed by atoms with Gasteiger partial charge >= 0.3 is 6.18 Å². The zero-order valence-electron chi connectivity index (χ0n) is 13.5. The minimum absolute atomic E-state index is 0.196. The molecule has 1 aromatic carbocycles. The summed E-state index contributed by atoms with van der Waals surface area (Å²) in [5, 5.41) is 3.23. The lowest BCUT2D eigenvalue weighted by atomic mass is 10.1. The number of hydrogen-bond donors (Lipinski definition) is 2. The van der Waals surface area contributed by atoms with Crippen molar-refractivity contribution in [3.8, 4) is 0 Å². The lowest BCUT2D eigenvalue weighted by Gasteiger charge is -2.27. The summed E-state index contributed by atoms with van der Waals surface area (Å²) in [4.78, 5) is 1.90. The van der Waals surface area contributed by atoms with E-state index in [4.69, 9.17) is 0 Å².